The second-order valence-electron chi connectivity index (χ2n) is 5.55. The monoisotopic (exact) mass is 362 g/mol. The SMILES string of the molecule is CCOc1ccc(C#N)cc1NC(=O)c1ccn(-c2ccc(OC)cc2)n1. The summed E-state index contributed by atoms with van der Waals surface area (Å²) in [4.78, 5) is 12.6. The van der Waals surface area contributed by atoms with Crippen LogP contribution in [0.1, 0.15) is 23.0 Å². The molecule has 0 aliphatic rings. The standard InChI is InChI=1S/C20H18N4O3/c1-3-27-19-9-4-14(13-21)12-18(19)22-20(25)17-10-11-24(23-17)15-5-7-16(26-2)8-6-15/h4-12H,3H2,1-2H3,(H,22,25). The Kier molecular flexibility index (Phi) is 5.38. The second kappa shape index (κ2) is 8.06. The first-order chi connectivity index (χ1) is 13.1. The van der Waals surface area contributed by atoms with Crippen LogP contribution in [0, 0.1) is 11.3 Å². The number of nitrogens with one attached hydrogen (secondary N) is 1. The number of ether oxygens (including phenoxy) is 2. The smallest absolute Gasteiger partial charge is 0.276 e. The van der Waals surface area contributed by atoms with Gasteiger partial charge in [-0.3, -0.25) is 4.79 Å². The number of rotatable bonds is 6. The van der Waals surface area contributed by atoms with Gasteiger partial charge in [0.1, 0.15) is 11.5 Å². The highest BCUT2D eigenvalue weighted by Gasteiger charge is 2.14. The number of carbonyl (C=O) groups is 1. The summed E-state index contributed by atoms with van der Waals surface area (Å²) in [6, 6.07) is 15.9. The van der Waals surface area contributed by atoms with Crippen LogP contribution in [0.15, 0.2) is 54.7 Å². The zero-order chi connectivity index (χ0) is 19.2. The molecule has 0 saturated heterocycles. The number of methoxy groups -OCH3 is 1. The molecule has 1 amide bonds. The number of amides is 1. The van der Waals surface area contributed by atoms with Gasteiger partial charge in [-0.1, -0.05) is 0 Å². The summed E-state index contributed by atoms with van der Waals surface area (Å²) in [7, 11) is 1.60. The summed E-state index contributed by atoms with van der Waals surface area (Å²) in [5.74, 6) is 0.849. The number of benzene rings is 2. The molecular formula is C20H18N4O3. The molecule has 0 fully saturated rings. The number of hydrogen-bond donors (Lipinski definition) is 1. The molecule has 1 aromatic heterocycles. The van der Waals surface area contributed by atoms with Crippen molar-refractivity contribution >= 4 is 11.6 Å². The van der Waals surface area contributed by atoms with Crippen LogP contribution < -0.4 is 14.8 Å². The maximum Gasteiger partial charge on any atom is 0.276 e. The van der Waals surface area contributed by atoms with Crippen molar-refractivity contribution in [3.05, 3.63) is 66.0 Å². The molecule has 0 aliphatic heterocycles. The predicted octanol–water partition coefficient (Wildman–Crippen LogP) is 3.40. The zero-order valence-electron chi connectivity index (χ0n) is 15.0. The second-order valence-corrected chi connectivity index (χ2v) is 5.55. The first kappa shape index (κ1) is 18.0. The fraction of sp³-hybridized carbons (Fsp3) is 0.150. The first-order valence-corrected chi connectivity index (χ1v) is 8.33. The molecule has 1 heterocycles. The number of aromatic nitrogens is 2. The van der Waals surface area contributed by atoms with Gasteiger partial charge in [0.05, 0.1) is 36.7 Å². The average Bonchev–Trinajstić information content (AvgIpc) is 3.20. The average molecular weight is 362 g/mol. The van der Waals surface area contributed by atoms with Crippen LogP contribution in [-0.4, -0.2) is 29.4 Å². The van der Waals surface area contributed by atoms with E-state index in [2.05, 4.69) is 10.4 Å². The van der Waals surface area contributed by atoms with E-state index in [1.54, 1.807) is 42.3 Å². The van der Waals surface area contributed by atoms with Crippen molar-refractivity contribution in [2.24, 2.45) is 0 Å². The molecule has 0 bridgehead atoms. The highest BCUT2D eigenvalue weighted by atomic mass is 16.5. The van der Waals surface area contributed by atoms with Gasteiger partial charge in [-0.15, -0.1) is 0 Å². The van der Waals surface area contributed by atoms with Gasteiger partial charge in [0.2, 0.25) is 0 Å². The molecule has 0 atom stereocenters. The van der Waals surface area contributed by atoms with Crippen molar-refractivity contribution in [1.29, 1.82) is 5.26 Å². The van der Waals surface area contributed by atoms with Crippen LogP contribution >= 0.6 is 0 Å². The van der Waals surface area contributed by atoms with Crippen molar-refractivity contribution < 1.29 is 14.3 Å². The summed E-state index contributed by atoms with van der Waals surface area (Å²) in [5.41, 5.74) is 1.91. The number of carbonyl (C=O) groups excluding carboxylic acids is 1. The number of nitrogens with zero attached hydrogens (tertiary/aromatic N) is 3. The minimum absolute atomic E-state index is 0.246. The van der Waals surface area contributed by atoms with E-state index in [0.717, 1.165) is 11.4 Å². The summed E-state index contributed by atoms with van der Waals surface area (Å²) in [6.07, 6.45) is 1.70. The molecule has 0 saturated carbocycles. The molecule has 0 spiro atoms. The van der Waals surface area contributed by atoms with Gasteiger partial charge in [0.25, 0.3) is 5.91 Å². The Morgan fingerprint density at radius 2 is 2.00 bits per heavy atom. The Hall–Kier alpha value is -3.79. The molecule has 7 nitrogen and oxygen atoms in total. The number of hydrogen-bond acceptors (Lipinski definition) is 5. The zero-order valence-corrected chi connectivity index (χ0v) is 15.0. The maximum absolute atomic E-state index is 12.6. The van der Waals surface area contributed by atoms with Gasteiger partial charge in [-0.05, 0) is 55.5 Å². The van der Waals surface area contributed by atoms with E-state index in [9.17, 15) is 4.79 Å². The molecule has 27 heavy (non-hydrogen) atoms. The normalized spacial score (nSPS) is 10.1. The Bertz CT molecular complexity index is 987. The maximum atomic E-state index is 12.6. The quantitative estimate of drug-likeness (QED) is 0.726. The Labute approximate surface area is 156 Å². The molecule has 2 aromatic carbocycles. The van der Waals surface area contributed by atoms with E-state index >= 15 is 0 Å². The molecule has 1 N–H and O–H groups in total. The third kappa shape index (κ3) is 4.07. The van der Waals surface area contributed by atoms with Gasteiger partial charge >= 0.3 is 0 Å². The van der Waals surface area contributed by atoms with Crippen LogP contribution in [-0.2, 0) is 0 Å². The minimum atomic E-state index is -0.390. The summed E-state index contributed by atoms with van der Waals surface area (Å²) in [6.45, 7) is 2.29. The fourth-order valence-electron chi connectivity index (χ4n) is 2.49. The Morgan fingerprint density at radius 3 is 2.67 bits per heavy atom. The summed E-state index contributed by atoms with van der Waals surface area (Å²) in [5, 5.41) is 16.1. The molecule has 136 valence electrons. The molecule has 3 aromatic rings. The van der Waals surface area contributed by atoms with Gasteiger partial charge in [0.15, 0.2) is 5.69 Å². The first-order valence-electron chi connectivity index (χ1n) is 8.33. The molecule has 0 radical (unpaired) electrons. The van der Waals surface area contributed by atoms with E-state index in [1.165, 1.54) is 0 Å². The number of nitriles is 1. The lowest BCUT2D eigenvalue weighted by atomic mass is 10.2. The van der Waals surface area contributed by atoms with E-state index in [4.69, 9.17) is 14.7 Å². The molecule has 0 unspecified atom stereocenters. The van der Waals surface area contributed by atoms with Crippen LogP contribution in [0.25, 0.3) is 5.69 Å². The van der Waals surface area contributed by atoms with Crippen LogP contribution in [0.2, 0.25) is 0 Å². The Balaban J connectivity index is 1.81. The van der Waals surface area contributed by atoms with Crippen LogP contribution in [0.4, 0.5) is 5.69 Å². The van der Waals surface area contributed by atoms with Gasteiger partial charge in [-0.2, -0.15) is 10.4 Å². The van der Waals surface area contributed by atoms with E-state index in [0.29, 0.717) is 23.6 Å². The fourth-order valence-corrected chi connectivity index (χ4v) is 2.49. The van der Waals surface area contributed by atoms with Crippen molar-refractivity contribution in [2.45, 2.75) is 6.92 Å². The lowest BCUT2D eigenvalue weighted by molar-refractivity contribution is 0.102. The largest absolute Gasteiger partial charge is 0.497 e. The van der Waals surface area contributed by atoms with E-state index in [-0.39, 0.29) is 5.69 Å². The third-order valence-electron chi connectivity index (χ3n) is 3.82. The van der Waals surface area contributed by atoms with Crippen molar-refractivity contribution in [1.82, 2.24) is 9.78 Å². The van der Waals surface area contributed by atoms with Crippen molar-refractivity contribution in [2.75, 3.05) is 19.0 Å². The van der Waals surface area contributed by atoms with E-state index in [1.807, 2.05) is 37.3 Å². The number of anilines is 1. The summed E-state index contributed by atoms with van der Waals surface area (Å²) < 4.78 is 12.2. The molecule has 0 aliphatic carbocycles. The molecular weight excluding hydrogens is 344 g/mol. The lowest BCUT2D eigenvalue weighted by Gasteiger charge is -2.11. The minimum Gasteiger partial charge on any atom is -0.497 e. The van der Waals surface area contributed by atoms with Crippen molar-refractivity contribution in [3.8, 4) is 23.3 Å². The van der Waals surface area contributed by atoms with Gasteiger partial charge < -0.3 is 14.8 Å². The van der Waals surface area contributed by atoms with Gasteiger partial charge in [0, 0.05) is 6.20 Å². The highest BCUT2D eigenvalue weighted by molar-refractivity contribution is 6.03. The van der Waals surface area contributed by atoms with E-state index < -0.39 is 5.91 Å². The highest BCUT2D eigenvalue weighted by Crippen LogP contribution is 2.26. The summed E-state index contributed by atoms with van der Waals surface area (Å²) >= 11 is 0. The predicted molar refractivity (Wildman–Crippen MR) is 100 cm³/mol. The lowest BCUT2D eigenvalue weighted by Crippen LogP contribution is -2.14. The molecule has 3 rings (SSSR count). The topological polar surface area (TPSA) is 89.2 Å². The van der Waals surface area contributed by atoms with Crippen molar-refractivity contribution in [3.63, 3.8) is 0 Å². The Morgan fingerprint density at radius 1 is 1.22 bits per heavy atom. The molecule has 7 heteroatoms. The third-order valence-corrected chi connectivity index (χ3v) is 3.82. The van der Waals surface area contributed by atoms with Crippen LogP contribution in [0.5, 0.6) is 11.5 Å². The van der Waals surface area contributed by atoms with Gasteiger partial charge in [-0.25, -0.2) is 4.68 Å². The van der Waals surface area contributed by atoms with Crippen LogP contribution in [0.3, 0.4) is 0 Å².